The van der Waals surface area contributed by atoms with Gasteiger partial charge in [0.05, 0.1) is 5.54 Å². The summed E-state index contributed by atoms with van der Waals surface area (Å²) in [6, 6.07) is 35.5. The molecule has 3 aromatic heterocycles. The van der Waals surface area contributed by atoms with Crippen LogP contribution in [0.4, 0.5) is 0 Å². The predicted molar refractivity (Wildman–Crippen MR) is 213 cm³/mol. The topological polar surface area (TPSA) is 36.9 Å². The zero-order valence-corrected chi connectivity index (χ0v) is 34.9. The molecule has 272 valence electrons. The number of aromatic nitrogens is 4. The maximum atomic E-state index is 6.75. The molecule has 0 N–H and O–H groups in total. The Bertz CT molecular complexity index is 2440. The molecule has 7 rings (SSSR count). The molecule has 0 radical (unpaired) electrons. The van der Waals surface area contributed by atoms with E-state index < -0.39 is 0 Å². The Morgan fingerprint density at radius 3 is 1.90 bits per heavy atom. The number of fused-ring (bicyclic) bond motifs is 4. The Morgan fingerprint density at radius 2 is 1.25 bits per heavy atom. The first kappa shape index (κ1) is 37.5. The van der Waals surface area contributed by atoms with Gasteiger partial charge in [-0.2, -0.15) is 6.07 Å². The first-order valence-corrected chi connectivity index (χ1v) is 18.1. The van der Waals surface area contributed by atoms with E-state index >= 15 is 0 Å². The first-order valence-electron chi connectivity index (χ1n) is 18.1. The Morgan fingerprint density at radius 1 is 0.596 bits per heavy atom. The van der Waals surface area contributed by atoms with Crippen molar-refractivity contribution in [1.82, 2.24) is 18.7 Å². The van der Waals surface area contributed by atoms with Gasteiger partial charge in [0.25, 0.3) is 0 Å². The number of ether oxygens (including phenoxy) is 1. The van der Waals surface area contributed by atoms with E-state index in [1.54, 1.807) is 0 Å². The quantitative estimate of drug-likeness (QED) is 0.165. The fourth-order valence-corrected chi connectivity index (χ4v) is 6.80. The molecule has 0 unspecified atom stereocenters. The SMILES string of the molecule is CC(C)(C)c1cc(Oc2[c-]c3c(cc2)c2cc(C(C)(C)C)ccc2n3-c2cc(C(C)(C)C)ccn2)[c-]c(-n2[cH+]n(C(C)(C)C)c3ccccc32)c1.[Pt]. The van der Waals surface area contributed by atoms with E-state index in [2.05, 4.69) is 188 Å². The molecule has 4 aromatic carbocycles. The van der Waals surface area contributed by atoms with E-state index in [9.17, 15) is 0 Å². The van der Waals surface area contributed by atoms with Gasteiger partial charge in [0, 0.05) is 62.1 Å². The number of rotatable bonds is 4. The van der Waals surface area contributed by atoms with Crippen LogP contribution in [0.3, 0.4) is 0 Å². The maximum absolute atomic E-state index is 6.75. The summed E-state index contributed by atoms with van der Waals surface area (Å²) in [7, 11) is 0. The summed E-state index contributed by atoms with van der Waals surface area (Å²) in [6.07, 6.45) is 4.11. The van der Waals surface area contributed by atoms with Crippen LogP contribution in [0.1, 0.15) is 99.8 Å². The molecule has 0 saturated heterocycles. The third-order valence-corrected chi connectivity index (χ3v) is 9.89. The fraction of sp³-hybridized carbons (Fsp3) is 0.348. The van der Waals surface area contributed by atoms with Gasteiger partial charge in [0.15, 0.2) is 17.4 Å². The van der Waals surface area contributed by atoms with Crippen LogP contribution in [0, 0.1) is 12.1 Å². The third-order valence-electron chi connectivity index (χ3n) is 9.89. The smallest absolute Gasteiger partial charge is 0.188 e. The second kappa shape index (κ2) is 13.0. The average Bonchev–Trinajstić information content (AvgIpc) is 3.59. The zero-order valence-electron chi connectivity index (χ0n) is 32.7. The number of imidazole rings is 1. The molecule has 3 heterocycles. The molecular weight excluding hydrogens is 820 g/mol. The molecular formula is C46H51N4OPt-. The summed E-state index contributed by atoms with van der Waals surface area (Å²) >= 11 is 0. The molecule has 0 fully saturated rings. The Balaban J connectivity index is 0.00000464. The van der Waals surface area contributed by atoms with Gasteiger partial charge < -0.3 is 9.30 Å². The van der Waals surface area contributed by atoms with E-state index in [1.165, 1.54) is 27.6 Å². The van der Waals surface area contributed by atoms with Gasteiger partial charge in [-0.1, -0.05) is 92.1 Å². The zero-order chi connectivity index (χ0) is 36.7. The summed E-state index contributed by atoms with van der Waals surface area (Å²) in [4.78, 5) is 4.90. The van der Waals surface area contributed by atoms with Crippen LogP contribution in [-0.4, -0.2) is 18.7 Å². The molecule has 0 saturated carbocycles. The molecule has 0 amide bonds. The summed E-state index contributed by atoms with van der Waals surface area (Å²) in [5, 5.41) is 2.29. The summed E-state index contributed by atoms with van der Waals surface area (Å²) in [5.41, 5.74) is 8.74. The summed E-state index contributed by atoms with van der Waals surface area (Å²) in [6.45, 7) is 26.9. The van der Waals surface area contributed by atoms with Crippen molar-refractivity contribution in [2.24, 2.45) is 0 Å². The Hall–Kier alpha value is -4.21. The fourth-order valence-electron chi connectivity index (χ4n) is 6.80. The second-order valence-electron chi connectivity index (χ2n) is 18.0. The molecule has 0 aliphatic rings. The molecule has 5 nitrogen and oxygen atoms in total. The van der Waals surface area contributed by atoms with Crippen molar-refractivity contribution in [3.05, 3.63) is 120 Å². The Labute approximate surface area is 323 Å². The van der Waals surface area contributed by atoms with E-state index in [4.69, 9.17) is 9.72 Å². The standard InChI is InChI=1S/C46H51N4O.Pt/c1-43(2,3)30-17-20-38-37(25-30)36-19-18-34(28-41(36)50(38)42-26-31(21-22-47-42)44(4,5)6)51-35-24-32(45(7,8)9)23-33(27-35)48-29-49(46(10,11)12)40-16-14-13-15-39(40)48;/h13-26,29H,1-12H3;/q-1;. The number of hydrogen-bond donors (Lipinski definition) is 0. The molecule has 0 aliphatic carbocycles. The van der Waals surface area contributed by atoms with Crippen LogP contribution in [0.5, 0.6) is 11.5 Å². The minimum absolute atomic E-state index is 0. The van der Waals surface area contributed by atoms with Crippen LogP contribution in [0.2, 0.25) is 0 Å². The van der Waals surface area contributed by atoms with Crippen molar-refractivity contribution in [1.29, 1.82) is 0 Å². The molecule has 6 heteroatoms. The third kappa shape index (κ3) is 6.97. The van der Waals surface area contributed by atoms with Crippen molar-refractivity contribution in [3.8, 4) is 23.0 Å². The minimum Gasteiger partial charge on any atom is -0.508 e. The van der Waals surface area contributed by atoms with Gasteiger partial charge in [-0.05, 0) is 83.9 Å². The molecule has 52 heavy (non-hydrogen) atoms. The summed E-state index contributed by atoms with van der Waals surface area (Å²) < 4.78 is 13.5. The van der Waals surface area contributed by atoms with E-state index in [1.807, 2.05) is 12.3 Å². The number of hydrogen-bond acceptors (Lipinski definition) is 2. The van der Waals surface area contributed by atoms with Crippen LogP contribution >= 0.6 is 0 Å². The molecule has 7 aromatic rings. The molecule has 0 spiro atoms. The van der Waals surface area contributed by atoms with Crippen LogP contribution in [-0.2, 0) is 42.8 Å². The van der Waals surface area contributed by atoms with Crippen LogP contribution in [0.25, 0.3) is 44.3 Å². The molecule has 0 atom stereocenters. The molecule has 0 bridgehead atoms. The monoisotopic (exact) mass is 870 g/mol. The molecule has 0 aliphatic heterocycles. The van der Waals surface area contributed by atoms with E-state index in [-0.39, 0.29) is 42.8 Å². The number of benzene rings is 4. The van der Waals surface area contributed by atoms with Gasteiger partial charge in [0.2, 0.25) is 0 Å². The largest absolute Gasteiger partial charge is 0.508 e. The average molecular weight is 871 g/mol. The van der Waals surface area contributed by atoms with Crippen molar-refractivity contribution in [2.75, 3.05) is 0 Å². The van der Waals surface area contributed by atoms with Crippen molar-refractivity contribution >= 4 is 32.8 Å². The van der Waals surface area contributed by atoms with Crippen molar-refractivity contribution in [3.63, 3.8) is 0 Å². The number of para-hydroxylation sites is 2. The number of nitrogens with zero attached hydrogens (tertiary/aromatic N) is 4. The van der Waals surface area contributed by atoms with Crippen LogP contribution < -0.4 is 4.74 Å². The predicted octanol–water partition coefficient (Wildman–Crippen LogP) is 12.2. The number of pyridine rings is 1. The van der Waals surface area contributed by atoms with E-state index in [0.29, 0.717) is 11.5 Å². The first-order chi connectivity index (χ1) is 23.8. The van der Waals surface area contributed by atoms with Gasteiger partial charge in [-0.15, -0.1) is 29.1 Å². The minimum atomic E-state index is -0.112. The normalized spacial score (nSPS) is 12.8. The van der Waals surface area contributed by atoms with Gasteiger partial charge in [0.1, 0.15) is 5.82 Å². The van der Waals surface area contributed by atoms with Gasteiger partial charge in [-0.3, -0.25) is 0 Å². The van der Waals surface area contributed by atoms with Crippen molar-refractivity contribution < 1.29 is 25.8 Å². The Kier molecular flexibility index (Phi) is 9.40. The van der Waals surface area contributed by atoms with E-state index in [0.717, 1.165) is 33.4 Å². The van der Waals surface area contributed by atoms with Crippen LogP contribution in [0.15, 0.2) is 91.4 Å². The summed E-state index contributed by atoms with van der Waals surface area (Å²) in [5.74, 6) is 2.15. The van der Waals surface area contributed by atoms with Gasteiger partial charge in [-0.25, -0.2) is 14.1 Å². The van der Waals surface area contributed by atoms with Gasteiger partial charge >= 0.3 is 0 Å². The maximum Gasteiger partial charge on any atom is 0.188 e. The second-order valence-corrected chi connectivity index (χ2v) is 18.0. The van der Waals surface area contributed by atoms with Crippen molar-refractivity contribution in [2.45, 2.75) is 105 Å².